The summed E-state index contributed by atoms with van der Waals surface area (Å²) in [5, 5.41) is 14.3. The lowest BCUT2D eigenvalue weighted by molar-refractivity contribution is 0.607. The molecule has 0 aliphatic carbocycles. The number of halogens is 1. The lowest BCUT2D eigenvalue weighted by atomic mass is 10.1. The predicted octanol–water partition coefficient (Wildman–Crippen LogP) is 3.75. The smallest absolute Gasteiger partial charge is 0.229 e. The molecule has 7 nitrogen and oxygen atoms in total. The molecule has 3 aromatic rings. The van der Waals surface area contributed by atoms with Crippen molar-refractivity contribution >= 4 is 49.1 Å². The van der Waals surface area contributed by atoms with Gasteiger partial charge in [-0.2, -0.15) is 9.78 Å². The fourth-order valence-electron chi connectivity index (χ4n) is 2.98. The molecule has 1 aromatic heterocycles. The molecular weight excluding hydrogens is 474 g/mol. The number of hydrogen-bond donors (Lipinski definition) is 1. The normalized spacial score (nSPS) is 16.2. The Hall–Kier alpha value is -2.17. The van der Waals surface area contributed by atoms with Gasteiger partial charge in [0.05, 0.1) is 17.2 Å². The van der Waals surface area contributed by atoms with Crippen molar-refractivity contribution < 1.29 is 8.42 Å². The molecule has 0 radical (unpaired) electrons. The van der Waals surface area contributed by atoms with Gasteiger partial charge in [-0.15, -0.1) is 10.2 Å². The van der Waals surface area contributed by atoms with E-state index in [1.54, 1.807) is 28.6 Å². The van der Waals surface area contributed by atoms with Gasteiger partial charge in [0.1, 0.15) is 0 Å². The first-order valence-corrected chi connectivity index (χ1v) is 12.4. The van der Waals surface area contributed by atoms with Crippen LogP contribution >= 0.6 is 27.7 Å². The Balaban J connectivity index is 1.63. The van der Waals surface area contributed by atoms with Crippen molar-refractivity contribution in [2.45, 2.75) is 23.8 Å². The van der Waals surface area contributed by atoms with Gasteiger partial charge in [-0.1, -0.05) is 52.0 Å². The maximum Gasteiger partial charge on any atom is 0.229 e. The van der Waals surface area contributed by atoms with E-state index in [9.17, 15) is 8.42 Å². The van der Waals surface area contributed by atoms with E-state index >= 15 is 0 Å². The van der Waals surface area contributed by atoms with Gasteiger partial charge in [0.2, 0.25) is 15.2 Å². The van der Waals surface area contributed by atoms with Crippen LogP contribution in [0.1, 0.15) is 23.9 Å². The largest absolute Gasteiger partial charge is 0.284 e. The second-order valence-corrected chi connectivity index (χ2v) is 10.7. The average molecular weight is 492 g/mol. The number of hydrogen-bond acceptors (Lipinski definition) is 6. The van der Waals surface area contributed by atoms with Crippen LogP contribution in [0.25, 0.3) is 0 Å². The molecule has 0 fully saturated rings. The highest BCUT2D eigenvalue weighted by Gasteiger charge is 2.25. The molecule has 1 atom stereocenters. The second kappa shape index (κ2) is 7.92. The maximum absolute atomic E-state index is 11.4. The van der Waals surface area contributed by atoms with E-state index in [4.69, 9.17) is 5.10 Å². The van der Waals surface area contributed by atoms with Gasteiger partial charge in [0.25, 0.3) is 0 Å². The van der Waals surface area contributed by atoms with Gasteiger partial charge in [0, 0.05) is 16.6 Å². The van der Waals surface area contributed by atoms with Crippen molar-refractivity contribution in [2.75, 3.05) is 11.0 Å². The highest BCUT2D eigenvalue weighted by Crippen LogP contribution is 2.31. The fourth-order valence-corrected chi connectivity index (χ4v) is 4.76. The number of benzene rings is 2. The number of rotatable bonds is 5. The predicted molar refractivity (Wildman–Crippen MR) is 119 cm³/mol. The summed E-state index contributed by atoms with van der Waals surface area (Å²) in [5.41, 5.74) is 3.47. The number of nitrogens with zero attached hydrogens (tertiary/aromatic N) is 4. The third-order valence-electron chi connectivity index (χ3n) is 4.31. The zero-order chi connectivity index (χ0) is 20.6. The molecule has 1 aliphatic heterocycles. The van der Waals surface area contributed by atoms with Crippen molar-refractivity contribution in [1.82, 2.24) is 14.9 Å². The van der Waals surface area contributed by atoms with Crippen molar-refractivity contribution in [3.8, 4) is 0 Å². The van der Waals surface area contributed by atoms with E-state index in [2.05, 4.69) is 37.8 Å². The molecule has 150 valence electrons. The Morgan fingerprint density at radius 1 is 1.10 bits per heavy atom. The Morgan fingerprint density at radius 2 is 1.79 bits per heavy atom. The SMILES string of the molecule is C[C@@H]1Sc2nnc(Cc3ccc(Br)cc3)n2N=C1c1ccc(NS(C)(=O)=O)cc1. The molecular formula is C19H18BrN5O2S2. The minimum absolute atomic E-state index is 0.0981. The standard InChI is InChI=1S/C19H18BrN5O2S2/c1-12-18(14-5-9-16(10-6-14)24-29(2,26)27)23-25-17(21-22-19(25)28-12)11-13-3-7-15(20)8-4-13/h3-10,12,24H,11H2,1-2H3/t12-/m0/s1. The Morgan fingerprint density at radius 3 is 2.45 bits per heavy atom. The molecule has 0 spiro atoms. The summed E-state index contributed by atoms with van der Waals surface area (Å²) < 4.78 is 28.1. The maximum atomic E-state index is 11.4. The Kier molecular flexibility index (Phi) is 5.50. The van der Waals surface area contributed by atoms with Gasteiger partial charge >= 0.3 is 0 Å². The van der Waals surface area contributed by atoms with Crippen LogP contribution in [-0.4, -0.2) is 40.5 Å². The minimum atomic E-state index is -3.30. The molecule has 0 saturated carbocycles. The van der Waals surface area contributed by atoms with Gasteiger partial charge in [-0.05, 0) is 42.3 Å². The molecule has 2 heterocycles. The molecule has 1 aliphatic rings. The molecule has 0 unspecified atom stereocenters. The van der Waals surface area contributed by atoms with Crippen molar-refractivity contribution in [2.24, 2.45) is 5.10 Å². The molecule has 4 rings (SSSR count). The minimum Gasteiger partial charge on any atom is -0.284 e. The van der Waals surface area contributed by atoms with Crippen LogP contribution in [0.15, 0.2) is 63.3 Å². The Bertz CT molecular complexity index is 1170. The zero-order valence-corrected chi connectivity index (χ0v) is 18.9. The molecule has 1 N–H and O–H groups in total. The van der Waals surface area contributed by atoms with Crippen molar-refractivity contribution in [1.29, 1.82) is 0 Å². The van der Waals surface area contributed by atoms with Crippen LogP contribution in [0, 0.1) is 0 Å². The number of thioether (sulfide) groups is 1. The first kappa shape index (κ1) is 20.1. The lowest BCUT2D eigenvalue weighted by Crippen LogP contribution is -2.22. The highest BCUT2D eigenvalue weighted by molar-refractivity contribution is 9.10. The number of fused-ring (bicyclic) bond motifs is 1. The van der Waals surface area contributed by atoms with E-state index < -0.39 is 10.0 Å². The number of aromatic nitrogens is 3. The molecule has 0 amide bonds. The first-order valence-electron chi connectivity index (χ1n) is 8.81. The number of sulfonamides is 1. The van der Waals surface area contributed by atoms with Gasteiger partial charge in [-0.25, -0.2) is 8.42 Å². The monoisotopic (exact) mass is 491 g/mol. The van der Waals surface area contributed by atoms with Crippen LogP contribution in [0.4, 0.5) is 5.69 Å². The topological polar surface area (TPSA) is 89.2 Å². The fraction of sp³-hybridized carbons (Fsp3) is 0.211. The van der Waals surface area contributed by atoms with Crippen molar-refractivity contribution in [3.05, 3.63) is 70.0 Å². The second-order valence-electron chi connectivity index (χ2n) is 6.71. The summed E-state index contributed by atoms with van der Waals surface area (Å²) >= 11 is 5.05. The number of anilines is 1. The average Bonchev–Trinajstić information content (AvgIpc) is 3.04. The summed E-state index contributed by atoms with van der Waals surface area (Å²) in [4.78, 5) is 0. The molecule has 0 bridgehead atoms. The summed E-state index contributed by atoms with van der Waals surface area (Å²) in [5.74, 6) is 0.773. The van der Waals surface area contributed by atoms with E-state index in [1.165, 1.54) is 0 Å². The molecule has 0 saturated heterocycles. The van der Waals surface area contributed by atoms with Crippen LogP contribution in [0.3, 0.4) is 0 Å². The lowest BCUT2D eigenvalue weighted by Gasteiger charge is -2.20. The third kappa shape index (κ3) is 4.71. The Labute approximate surface area is 181 Å². The van der Waals surface area contributed by atoms with Gasteiger partial charge < -0.3 is 0 Å². The van der Waals surface area contributed by atoms with E-state index in [0.717, 1.165) is 38.5 Å². The summed E-state index contributed by atoms with van der Waals surface area (Å²) in [6.07, 6.45) is 1.76. The van der Waals surface area contributed by atoms with E-state index in [0.29, 0.717) is 12.1 Å². The molecule has 2 aromatic carbocycles. The van der Waals surface area contributed by atoms with Gasteiger partial charge in [0.15, 0.2) is 5.82 Å². The van der Waals surface area contributed by atoms with Crippen LogP contribution in [-0.2, 0) is 16.4 Å². The van der Waals surface area contributed by atoms with Gasteiger partial charge in [-0.3, -0.25) is 4.72 Å². The number of nitrogens with one attached hydrogen (secondary N) is 1. The van der Waals surface area contributed by atoms with Crippen LogP contribution in [0.5, 0.6) is 0 Å². The summed E-state index contributed by atoms with van der Waals surface area (Å²) in [6.45, 7) is 2.07. The third-order valence-corrected chi connectivity index (χ3v) is 6.49. The summed E-state index contributed by atoms with van der Waals surface area (Å²) in [6, 6.07) is 15.3. The highest BCUT2D eigenvalue weighted by atomic mass is 79.9. The first-order chi connectivity index (χ1) is 13.8. The zero-order valence-electron chi connectivity index (χ0n) is 15.7. The quantitative estimate of drug-likeness (QED) is 0.586. The van der Waals surface area contributed by atoms with Crippen LogP contribution < -0.4 is 4.72 Å². The van der Waals surface area contributed by atoms with E-state index in [-0.39, 0.29) is 5.25 Å². The molecule has 29 heavy (non-hydrogen) atoms. The molecule has 10 heteroatoms. The summed E-state index contributed by atoms with van der Waals surface area (Å²) in [7, 11) is -3.30. The van der Waals surface area contributed by atoms with E-state index in [1.807, 2.05) is 36.4 Å². The van der Waals surface area contributed by atoms with Crippen molar-refractivity contribution in [3.63, 3.8) is 0 Å². The van der Waals surface area contributed by atoms with Crippen LogP contribution in [0.2, 0.25) is 0 Å².